The number of aliphatic hydroxyl groups is 1. The molecule has 0 saturated carbocycles. The van der Waals surface area contributed by atoms with Gasteiger partial charge in [-0.05, 0) is 29.9 Å². The highest BCUT2D eigenvalue weighted by atomic mass is 32.2. The van der Waals surface area contributed by atoms with Crippen LogP contribution in [-0.2, 0) is 6.18 Å². The van der Waals surface area contributed by atoms with Crippen molar-refractivity contribution in [2.45, 2.75) is 18.6 Å². The standard InChI is InChI=1S/C12H16F3NOS/c13-12(14,15)10-4-2-9(3-5-10)11(16)8-18-7-1-6-17/h2-5,11,17H,1,6-8,16H2. The maximum absolute atomic E-state index is 12.3. The average molecular weight is 279 g/mol. The van der Waals surface area contributed by atoms with Gasteiger partial charge in [0.15, 0.2) is 0 Å². The summed E-state index contributed by atoms with van der Waals surface area (Å²) >= 11 is 1.58. The molecule has 0 amide bonds. The van der Waals surface area contributed by atoms with Crippen molar-refractivity contribution in [3.63, 3.8) is 0 Å². The fourth-order valence-electron chi connectivity index (χ4n) is 1.39. The Kier molecular flexibility index (Phi) is 5.98. The molecule has 0 bridgehead atoms. The summed E-state index contributed by atoms with van der Waals surface area (Å²) in [5.41, 5.74) is 5.90. The second kappa shape index (κ2) is 7.01. The highest BCUT2D eigenvalue weighted by Gasteiger charge is 2.30. The van der Waals surface area contributed by atoms with Crippen LogP contribution in [0, 0.1) is 0 Å². The first-order chi connectivity index (χ1) is 8.45. The van der Waals surface area contributed by atoms with Crippen LogP contribution in [0.2, 0.25) is 0 Å². The van der Waals surface area contributed by atoms with Gasteiger partial charge in [-0.1, -0.05) is 12.1 Å². The first-order valence-corrected chi connectivity index (χ1v) is 6.72. The molecule has 6 heteroatoms. The molecule has 0 aliphatic heterocycles. The molecule has 18 heavy (non-hydrogen) atoms. The van der Waals surface area contributed by atoms with Crippen LogP contribution in [0.25, 0.3) is 0 Å². The molecule has 3 N–H and O–H groups in total. The summed E-state index contributed by atoms with van der Waals surface area (Å²) in [5, 5.41) is 8.60. The fourth-order valence-corrected chi connectivity index (χ4v) is 2.34. The molecule has 0 aliphatic carbocycles. The monoisotopic (exact) mass is 279 g/mol. The Hall–Kier alpha value is -0.720. The summed E-state index contributed by atoms with van der Waals surface area (Å²) in [6.45, 7) is 0.141. The summed E-state index contributed by atoms with van der Waals surface area (Å²) in [7, 11) is 0. The van der Waals surface area contributed by atoms with Crippen molar-refractivity contribution < 1.29 is 18.3 Å². The van der Waals surface area contributed by atoms with E-state index >= 15 is 0 Å². The summed E-state index contributed by atoms with van der Waals surface area (Å²) in [6, 6.07) is 4.65. The molecule has 0 spiro atoms. The van der Waals surface area contributed by atoms with Crippen molar-refractivity contribution in [1.29, 1.82) is 0 Å². The lowest BCUT2D eigenvalue weighted by Gasteiger charge is -2.13. The first kappa shape index (κ1) is 15.3. The molecule has 0 radical (unpaired) electrons. The first-order valence-electron chi connectivity index (χ1n) is 5.56. The van der Waals surface area contributed by atoms with Crippen LogP contribution in [0.3, 0.4) is 0 Å². The number of aliphatic hydroxyl groups excluding tert-OH is 1. The van der Waals surface area contributed by atoms with E-state index in [9.17, 15) is 13.2 Å². The number of rotatable bonds is 6. The maximum atomic E-state index is 12.3. The Morgan fingerprint density at radius 3 is 2.33 bits per heavy atom. The van der Waals surface area contributed by atoms with E-state index in [0.29, 0.717) is 17.7 Å². The van der Waals surface area contributed by atoms with Crippen LogP contribution in [0.1, 0.15) is 23.6 Å². The van der Waals surface area contributed by atoms with Crippen LogP contribution >= 0.6 is 11.8 Å². The molecule has 0 aliphatic rings. The van der Waals surface area contributed by atoms with Gasteiger partial charge in [0, 0.05) is 18.4 Å². The lowest BCUT2D eigenvalue weighted by atomic mass is 10.1. The smallest absolute Gasteiger partial charge is 0.396 e. The van der Waals surface area contributed by atoms with Crippen LogP contribution < -0.4 is 5.73 Å². The predicted molar refractivity (Wildman–Crippen MR) is 67.4 cm³/mol. The minimum atomic E-state index is -4.31. The van der Waals surface area contributed by atoms with Gasteiger partial charge < -0.3 is 10.8 Å². The quantitative estimate of drug-likeness (QED) is 0.787. The Morgan fingerprint density at radius 2 is 1.83 bits per heavy atom. The summed E-state index contributed by atoms with van der Waals surface area (Å²) in [6.07, 6.45) is -3.61. The third kappa shape index (κ3) is 4.88. The molecule has 1 atom stereocenters. The Balaban J connectivity index is 2.51. The minimum Gasteiger partial charge on any atom is -0.396 e. The summed E-state index contributed by atoms with van der Waals surface area (Å²) < 4.78 is 37.0. The minimum absolute atomic E-state index is 0.141. The number of nitrogens with two attached hydrogens (primary N) is 1. The molecule has 1 rings (SSSR count). The molecule has 0 aromatic heterocycles. The summed E-state index contributed by atoms with van der Waals surface area (Å²) in [5.74, 6) is 1.43. The van der Waals surface area contributed by atoms with E-state index in [-0.39, 0.29) is 12.6 Å². The van der Waals surface area contributed by atoms with E-state index < -0.39 is 11.7 Å². The predicted octanol–water partition coefficient (Wildman–Crippen LogP) is 2.82. The molecule has 0 fully saturated rings. The number of halogens is 3. The van der Waals surface area contributed by atoms with Gasteiger partial charge in [0.05, 0.1) is 5.56 Å². The highest BCUT2D eigenvalue weighted by molar-refractivity contribution is 7.99. The molecule has 102 valence electrons. The third-order valence-corrected chi connectivity index (χ3v) is 3.58. The van der Waals surface area contributed by atoms with E-state index in [4.69, 9.17) is 10.8 Å². The molecule has 1 aromatic carbocycles. The number of thioether (sulfide) groups is 1. The van der Waals surface area contributed by atoms with Crippen molar-refractivity contribution in [2.24, 2.45) is 5.73 Å². The van der Waals surface area contributed by atoms with Crippen LogP contribution in [0.4, 0.5) is 13.2 Å². The fraction of sp³-hybridized carbons (Fsp3) is 0.500. The van der Waals surface area contributed by atoms with Crippen LogP contribution in [0.15, 0.2) is 24.3 Å². The lowest BCUT2D eigenvalue weighted by Crippen LogP contribution is -2.14. The van der Waals surface area contributed by atoms with Crippen molar-refractivity contribution in [3.05, 3.63) is 35.4 Å². The third-order valence-electron chi connectivity index (χ3n) is 2.41. The van der Waals surface area contributed by atoms with Crippen molar-refractivity contribution in [3.8, 4) is 0 Å². The molecular weight excluding hydrogens is 263 g/mol. The van der Waals surface area contributed by atoms with Gasteiger partial charge in [-0.15, -0.1) is 0 Å². The Labute approximate surface area is 108 Å². The Bertz CT molecular complexity index is 353. The van der Waals surface area contributed by atoms with Gasteiger partial charge in [0.2, 0.25) is 0 Å². The van der Waals surface area contributed by atoms with Gasteiger partial charge in [0.25, 0.3) is 0 Å². The van der Waals surface area contributed by atoms with Crippen molar-refractivity contribution >= 4 is 11.8 Å². The van der Waals surface area contributed by atoms with Gasteiger partial charge in [-0.3, -0.25) is 0 Å². The molecule has 2 nitrogen and oxygen atoms in total. The van der Waals surface area contributed by atoms with Crippen molar-refractivity contribution in [1.82, 2.24) is 0 Å². The molecular formula is C12H16F3NOS. The molecule has 1 unspecified atom stereocenters. The van der Waals surface area contributed by atoms with E-state index in [2.05, 4.69) is 0 Å². The van der Waals surface area contributed by atoms with Crippen LogP contribution in [-0.4, -0.2) is 23.2 Å². The lowest BCUT2D eigenvalue weighted by molar-refractivity contribution is -0.137. The summed E-state index contributed by atoms with van der Waals surface area (Å²) in [4.78, 5) is 0. The van der Waals surface area contributed by atoms with Crippen molar-refractivity contribution in [2.75, 3.05) is 18.1 Å². The maximum Gasteiger partial charge on any atom is 0.416 e. The molecule has 0 saturated heterocycles. The van der Waals surface area contributed by atoms with Crippen LogP contribution in [0.5, 0.6) is 0 Å². The van der Waals surface area contributed by atoms with Gasteiger partial charge in [-0.25, -0.2) is 0 Å². The van der Waals surface area contributed by atoms with Gasteiger partial charge >= 0.3 is 6.18 Å². The van der Waals surface area contributed by atoms with E-state index in [1.165, 1.54) is 12.1 Å². The average Bonchev–Trinajstić information content (AvgIpc) is 2.33. The number of alkyl halides is 3. The van der Waals surface area contributed by atoms with Gasteiger partial charge in [0.1, 0.15) is 0 Å². The second-order valence-corrected chi connectivity index (χ2v) is 5.03. The SMILES string of the molecule is NC(CSCCCO)c1ccc(C(F)(F)F)cc1. The second-order valence-electron chi connectivity index (χ2n) is 3.88. The van der Waals surface area contributed by atoms with E-state index in [1.807, 2.05) is 0 Å². The van der Waals surface area contributed by atoms with Gasteiger partial charge in [-0.2, -0.15) is 24.9 Å². The van der Waals surface area contributed by atoms with E-state index in [0.717, 1.165) is 17.9 Å². The number of hydrogen-bond donors (Lipinski definition) is 2. The highest BCUT2D eigenvalue weighted by Crippen LogP contribution is 2.30. The molecule has 1 aromatic rings. The zero-order chi connectivity index (χ0) is 13.6. The zero-order valence-electron chi connectivity index (χ0n) is 9.78. The normalized spacial score (nSPS) is 13.6. The largest absolute Gasteiger partial charge is 0.416 e. The number of benzene rings is 1. The topological polar surface area (TPSA) is 46.2 Å². The zero-order valence-corrected chi connectivity index (χ0v) is 10.6. The molecule has 0 heterocycles. The number of hydrogen-bond acceptors (Lipinski definition) is 3. The Morgan fingerprint density at radius 1 is 1.22 bits per heavy atom. The van der Waals surface area contributed by atoms with E-state index in [1.54, 1.807) is 11.8 Å².